The first-order chi connectivity index (χ1) is 21.4. The van der Waals surface area contributed by atoms with Crippen molar-refractivity contribution in [1.29, 1.82) is 0 Å². The molecule has 0 aliphatic carbocycles. The van der Waals surface area contributed by atoms with Gasteiger partial charge in [-0.3, -0.25) is 4.79 Å². The number of ether oxygens (including phenoxy) is 4. The summed E-state index contributed by atoms with van der Waals surface area (Å²) >= 11 is 0. The van der Waals surface area contributed by atoms with Gasteiger partial charge in [-0.05, 0) is 16.7 Å². The van der Waals surface area contributed by atoms with E-state index in [-0.39, 0.29) is 26.4 Å². The lowest BCUT2D eigenvalue weighted by Gasteiger charge is -2.50. The number of halogens is 6. The molecule has 13 heteroatoms. The van der Waals surface area contributed by atoms with E-state index in [0.29, 0.717) is 18.1 Å². The van der Waals surface area contributed by atoms with Gasteiger partial charge in [0, 0.05) is 6.92 Å². The Morgan fingerprint density at radius 3 is 1.60 bits per heavy atom. The Morgan fingerprint density at radius 2 is 1.18 bits per heavy atom. The molecule has 4 rings (SSSR count). The monoisotopic (exact) mass is 641 g/mol. The Labute approximate surface area is 256 Å². The lowest BCUT2D eigenvalue weighted by molar-refractivity contribution is -0.329. The van der Waals surface area contributed by atoms with Gasteiger partial charge in [0.2, 0.25) is 11.9 Å². The van der Waals surface area contributed by atoms with Crippen LogP contribution in [0.25, 0.3) is 0 Å². The highest BCUT2D eigenvalue weighted by Crippen LogP contribution is 2.41. The van der Waals surface area contributed by atoms with Crippen LogP contribution in [0.3, 0.4) is 0 Å². The van der Waals surface area contributed by atoms with Gasteiger partial charge in [0.1, 0.15) is 24.4 Å². The molecule has 0 unspecified atom stereocenters. The zero-order valence-corrected chi connectivity index (χ0v) is 24.2. The maximum atomic E-state index is 14.0. The van der Waals surface area contributed by atoms with Crippen LogP contribution in [0.1, 0.15) is 23.6 Å². The van der Waals surface area contributed by atoms with E-state index in [0.717, 1.165) is 5.56 Å². The Morgan fingerprint density at radius 1 is 0.756 bits per heavy atom. The van der Waals surface area contributed by atoms with Crippen LogP contribution >= 0.6 is 0 Å². The topological polar surface area (TPSA) is 77.5 Å². The van der Waals surface area contributed by atoms with Gasteiger partial charge in [0.05, 0.1) is 26.4 Å². The summed E-state index contributed by atoms with van der Waals surface area (Å²) in [6, 6.07) is 19.4. The molecule has 0 saturated carbocycles. The molecule has 1 heterocycles. The number of aliphatic hydroxyl groups excluding tert-OH is 1. The molecular weight excluding hydrogens is 608 g/mol. The Balaban J connectivity index is 1.73. The van der Waals surface area contributed by atoms with Gasteiger partial charge in [-0.25, -0.2) is 0 Å². The molecule has 244 valence electrons. The van der Waals surface area contributed by atoms with E-state index in [2.05, 4.69) is 0 Å². The molecule has 0 spiro atoms. The fourth-order valence-electron chi connectivity index (χ4n) is 5.20. The molecule has 0 aromatic heterocycles. The second-order valence-electron chi connectivity index (χ2n) is 10.5. The molecule has 1 N–H and O–H groups in total. The first-order valence-electron chi connectivity index (χ1n) is 14.0. The van der Waals surface area contributed by atoms with Crippen molar-refractivity contribution in [2.75, 3.05) is 6.61 Å². The van der Waals surface area contributed by atoms with Gasteiger partial charge in [0.15, 0.2) is 6.29 Å². The average molecular weight is 642 g/mol. The van der Waals surface area contributed by atoms with E-state index < -0.39 is 59.8 Å². The van der Waals surface area contributed by atoms with Crippen LogP contribution in [0.2, 0.25) is 0 Å². The smallest absolute Gasteiger partial charge is 0.374 e. The maximum Gasteiger partial charge on any atom is 0.417 e. The van der Waals surface area contributed by atoms with Crippen molar-refractivity contribution in [2.45, 2.75) is 75.8 Å². The molecule has 0 radical (unpaired) electrons. The second kappa shape index (κ2) is 15.2. The normalized spacial score (nSPS) is 22.4. The summed E-state index contributed by atoms with van der Waals surface area (Å²) in [5.41, 5.74) is 1.96. The SMILES string of the molecule is CC(=O)N(C(C(F)(F)F)C(F)(F)F)[C@@H]1[C@@H](OCc2ccccc2)[C@H](OCc2ccccc2)[C@@H](COCc2ccccc2)O[C@@H]1O. The van der Waals surface area contributed by atoms with Crippen LogP contribution in [-0.4, -0.2) is 71.6 Å². The Kier molecular flexibility index (Phi) is 11.6. The fourth-order valence-corrected chi connectivity index (χ4v) is 5.20. The van der Waals surface area contributed by atoms with Crippen molar-refractivity contribution >= 4 is 5.91 Å². The molecule has 1 saturated heterocycles. The third-order valence-corrected chi connectivity index (χ3v) is 7.18. The van der Waals surface area contributed by atoms with E-state index in [1.165, 1.54) is 0 Å². The molecule has 0 bridgehead atoms. The van der Waals surface area contributed by atoms with Crippen molar-refractivity contribution in [2.24, 2.45) is 0 Å². The van der Waals surface area contributed by atoms with E-state index >= 15 is 0 Å². The van der Waals surface area contributed by atoms with Crippen LogP contribution in [-0.2, 0) is 43.6 Å². The second-order valence-corrected chi connectivity index (χ2v) is 10.5. The number of aliphatic hydroxyl groups is 1. The first-order valence-corrected chi connectivity index (χ1v) is 14.0. The number of nitrogens with zero attached hydrogens (tertiary/aromatic N) is 1. The number of hydrogen-bond donors (Lipinski definition) is 1. The molecule has 1 aliphatic rings. The molecule has 1 fully saturated rings. The van der Waals surface area contributed by atoms with Crippen LogP contribution < -0.4 is 0 Å². The standard InChI is InChI=1S/C32H33F6NO6/c1-21(40)39(30(31(33,34)35)32(36,37)38)26-28(44-19-24-15-9-4-10-16-24)27(43-18-23-13-7-3-8-14-23)25(45-29(26)41)20-42-17-22-11-5-2-6-12-22/h2-16,25-30,41H,17-20H2,1H3/t25-,26-,27-,28-,29+/m1/s1. The Hall–Kier alpha value is -3.49. The third kappa shape index (κ3) is 9.27. The van der Waals surface area contributed by atoms with Gasteiger partial charge >= 0.3 is 12.4 Å². The minimum atomic E-state index is -5.94. The predicted octanol–water partition coefficient (Wildman–Crippen LogP) is 5.80. The zero-order valence-electron chi connectivity index (χ0n) is 24.2. The summed E-state index contributed by atoms with van der Waals surface area (Å²) in [5, 5.41) is 11.1. The quantitative estimate of drug-likeness (QED) is 0.252. The number of alkyl halides is 6. The highest BCUT2D eigenvalue weighted by Gasteiger charge is 2.65. The largest absolute Gasteiger partial charge is 0.417 e. The summed E-state index contributed by atoms with van der Waals surface area (Å²) in [5.74, 6) is -1.60. The number of benzene rings is 3. The van der Waals surface area contributed by atoms with Gasteiger partial charge in [-0.1, -0.05) is 91.0 Å². The highest BCUT2D eigenvalue weighted by atomic mass is 19.4. The lowest BCUT2D eigenvalue weighted by Crippen LogP contribution is -2.71. The number of carbonyl (C=O) groups is 1. The fraction of sp³-hybridized carbons (Fsp3) is 0.406. The number of carbonyl (C=O) groups excluding carboxylic acids is 1. The molecule has 7 nitrogen and oxygen atoms in total. The number of rotatable bonds is 12. The molecule has 1 amide bonds. The summed E-state index contributed by atoms with van der Waals surface area (Å²) in [6.45, 7) is -0.0528. The molecule has 3 aromatic rings. The number of hydrogen-bond acceptors (Lipinski definition) is 6. The zero-order chi connectivity index (χ0) is 32.6. The van der Waals surface area contributed by atoms with Crippen molar-refractivity contribution in [3.63, 3.8) is 0 Å². The highest BCUT2D eigenvalue weighted by molar-refractivity contribution is 5.74. The van der Waals surface area contributed by atoms with Crippen LogP contribution in [0.15, 0.2) is 91.0 Å². The number of amides is 1. The van der Waals surface area contributed by atoms with E-state index in [4.69, 9.17) is 18.9 Å². The van der Waals surface area contributed by atoms with Crippen molar-refractivity contribution in [3.8, 4) is 0 Å². The van der Waals surface area contributed by atoms with Crippen LogP contribution in [0.4, 0.5) is 26.3 Å². The minimum absolute atomic E-state index is 0.0883. The Bertz CT molecular complexity index is 1310. The van der Waals surface area contributed by atoms with Gasteiger partial charge < -0.3 is 29.0 Å². The van der Waals surface area contributed by atoms with E-state index in [1.54, 1.807) is 84.9 Å². The summed E-state index contributed by atoms with van der Waals surface area (Å²) in [6.07, 6.45) is -18.5. The van der Waals surface area contributed by atoms with Crippen molar-refractivity contribution < 1.29 is 55.2 Å². The van der Waals surface area contributed by atoms with Crippen molar-refractivity contribution in [3.05, 3.63) is 108 Å². The van der Waals surface area contributed by atoms with Gasteiger partial charge in [-0.15, -0.1) is 0 Å². The van der Waals surface area contributed by atoms with Crippen molar-refractivity contribution in [1.82, 2.24) is 4.90 Å². The summed E-state index contributed by atoms with van der Waals surface area (Å²) in [4.78, 5) is 12.2. The molecule has 45 heavy (non-hydrogen) atoms. The van der Waals surface area contributed by atoms with Gasteiger partial charge in [-0.2, -0.15) is 26.3 Å². The summed E-state index contributed by atoms with van der Waals surface area (Å²) in [7, 11) is 0. The third-order valence-electron chi connectivity index (χ3n) is 7.18. The van der Waals surface area contributed by atoms with E-state index in [1.807, 2.05) is 6.07 Å². The summed E-state index contributed by atoms with van der Waals surface area (Å²) < 4.78 is 108. The molecule has 3 aromatic carbocycles. The average Bonchev–Trinajstić information content (AvgIpc) is 2.98. The lowest BCUT2D eigenvalue weighted by atomic mass is 9.93. The molecular formula is C32H33F6NO6. The molecule has 1 aliphatic heterocycles. The molecule has 5 atom stereocenters. The van der Waals surface area contributed by atoms with Crippen LogP contribution in [0.5, 0.6) is 0 Å². The van der Waals surface area contributed by atoms with Gasteiger partial charge in [0.25, 0.3) is 0 Å². The maximum absolute atomic E-state index is 14.0. The first kappa shape index (κ1) is 34.4. The minimum Gasteiger partial charge on any atom is -0.374 e. The predicted molar refractivity (Wildman–Crippen MR) is 149 cm³/mol. The van der Waals surface area contributed by atoms with E-state index in [9.17, 15) is 36.2 Å². The van der Waals surface area contributed by atoms with Crippen LogP contribution in [0, 0.1) is 0 Å².